The number of amides is 1. The number of likely N-dealkylation sites (tertiary alicyclic amines) is 1. The zero-order chi connectivity index (χ0) is 25.6. The smallest absolute Gasteiger partial charge is 0.416 e. The van der Waals surface area contributed by atoms with Crippen molar-refractivity contribution in [3.8, 4) is 5.75 Å². The topological polar surface area (TPSA) is 97.0 Å². The molecule has 2 aliphatic heterocycles. The van der Waals surface area contributed by atoms with Crippen molar-refractivity contribution in [3.05, 3.63) is 64.2 Å². The molecule has 0 saturated carbocycles. The van der Waals surface area contributed by atoms with Crippen LogP contribution in [0.5, 0.6) is 5.75 Å². The molecule has 36 heavy (non-hydrogen) atoms. The van der Waals surface area contributed by atoms with Crippen LogP contribution in [0.15, 0.2) is 52.5 Å². The standard InChI is InChI=1S/C24H19F3N4O4S/c1-35-16-4-3-14(17(10-16)24(25,26)27)12-31-18-5-2-13(8-15(18)11-28-31)9-20-21(32)29-23(36-20)30-7-6-19(30)22(33)34/h2-5,8-11,19H,6-7,12H2,1H3,(H,33,34)/t19-/m0/s1. The number of nitrogens with zero attached hydrogens (tertiary/aromatic N) is 4. The fraction of sp³-hybridized carbons (Fsp3) is 0.250. The number of rotatable bonds is 5. The Labute approximate surface area is 207 Å². The number of hydrogen-bond acceptors (Lipinski definition) is 6. The number of methoxy groups -OCH3 is 1. The van der Waals surface area contributed by atoms with E-state index in [1.165, 1.54) is 23.9 Å². The predicted molar refractivity (Wildman–Crippen MR) is 128 cm³/mol. The van der Waals surface area contributed by atoms with Crippen LogP contribution < -0.4 is 4.74 Å². The number of thioether (sulfide) groups is 1. The first kappa shape index (κ1) is 23.9. The summed E-state index contributed by atoms with van der Waals surface area (Å²) in [5, 5.41) is 14.6. The molecule has 5 rings (SSSR count). The number of carboxylic acids is 1. The molecular weight excluding hydrogens is 497 g/mol. The molecule has 1 saturated heterocycles. The molecule has 1 N–H and O–H groups in total. The van der Waals surface area contributed by atoms with Gasteiger partial charge in [-0.15, -0.1) is 0 Å². The monoisotopic (exact) mass is 516 g/mol. The average Bonchev–Trinajstić information content (AvgIpc) is 3.35. The summed E-state index contributed by atoms with van der Waals surface area (Å²) < 4.78 is 47.2. The number of aliphatic carboxylic acids is 1. The van der Waals surface area contributed by atoms with Crippen LogP contribution in [0.2, 0.25) is 0 Å². The zero-order valence-corrected chi connectivity index (χ0v) is 19.6. The van der Waals surface area contributed by atoms with E-state index in [9.17, 15) is 27.9 Å². The summed E-state index contributed by atoms with van der Waals surface area (Å²) in [6.07, 6.45) is -0.832. The van der Waals surface area contributed by atoms with Gasteiger partial charge in [-0.3, -0.25) is 9.48 Å². The van der Waals surface area contributed by atoms with Crippen LogP contribution in [-0.4, -0.2) is 56.5 Å². The highest BCUT2D eigenvalue weighted by molar-refractivity contribution is 8.18. The molecule has 0 bridgehead atoms. The third-order valence-corrected chi connectivity index (χ3v) is 7.09. The van der Waals surface area contributed by atoms with E-state index in [4.69, 9.17) is 4.74 Å². The van der Waals surface area contributed by atoms with Crippen LogP contribution in [0.3, 0.4) is 0 Å². The number of carboxylic acid groups (broad SMARTS) is 1. The molecule has 186 valence electrons. The molecule has 0 aliphatic carbocycles. The van der Waals surface area contributed by atoms with Crippen molar-refractivity contribution in [2.75, 3.05) is 13.7 Å². The van der Waals surface area contributed by atoms with Gasteiger partial charge in [-0.05, 0) is 59.7 Å². The lowest BCUT2D eigenvalue weighted by atomic mass is 10.1. The number of aromatic nitrogens is 2. The first-order chi connectivity index (χ1) is 17.1. The van der Waals surface area contributed by atoms with Gasteiger partial charge in [0.1, 0.15) is 11.8 Å². The lowest BCUT2D eigenvalue weighted by Crippen LogP contribution is -2.54. The number of carbonyl (C=O) groups is 2. The number of aliphatic imine (C=N–C) groups is 1. The Bertz CT molecular complexity index is 1450. The highest BCUT2D eigenvalue weighted by Gasteiger charge is 2.39. The summed E-state index contributed by atoms with van der Waals surface area (Å²) in [4.78, 5) is 29.6. The van der Waals surface area contributed by atoms with Crippen LogP contribution in [0.1, 0.15) is 23.1 Å². The minimum absolute atomic E-state index is 0.0581. The minimum atomic E-state index is -4.54. The Hall–Kier alpha value is -3.80. The van der Waals surface area contributed by atoms with Gasteiger partial charge in [-0.2, -0.15) is 23.3 Å². The maximum atomic E-state index is 13.6. The molecule has 12 heteroatoms. The van der Waals surface area contributed by atoms with E-state index in [-0.39, 0.29) is 17.9 Å². The molecule has 3 heterocycles. The predicted octanol–water partition coefficient (Wildman–Crippen LogP) is 4.24. The Morgan fingerprint density at radius 2 is 2.08 bits per heavy atom. The zero-order valence-electron chi connectivity index (χ0n) is 18.8. The Balaban J connectivity index is 1.37. The summed E-state index contributed by atoms with van der Waals surface area (Å²) >= 11 is 1.12. The van der Waals surface area contributed by atoms with Crippen LogP contribution >= 0.6 is 11.8 Å². The number of halogens is 3. The molecule has 0 spiro atoms. The fourth-order valence-corrected chi connectivity index (χ4v) is 5.10. The van der Waals surface area contributed by atoms with Crippen LogP contribution in [0.4, 0.5) is 13.2 Å². The summed E-state index contributed by atoms with van der Waals surface area (Å²) in [6, 6.07) is 8.40. The maximum absolute atomic E-state index is 13.6. The molecule has 2 aromatic carbocycles. The number of alkyl halides is 3. The molecule has 8 nitrogen and oxygen atoms in total. The highest BCUT2D eigenvalue weighted by atomic mass is 32.2. The molecule has 1 aromatic heterocycles. The van der Waals surface area contributed by atoms with E-state index in [1.807, 2.05) is 0 Å². The second-order valence-electron chi connectivity index (χ2n) is 8.29. The quantitative estimate of drug-likeness (QED) is 0.507. The number of carbonyl (C=O) groups excluding carboxylic acids is 1. The number of ether oxygens (including phenoxy) is 1. The number of amidine groups is 1. The number of fused-ring (bicyclic) bond motifs is 1. The van der Waals surface area contributed by atoms with Crippen LogP contribution in [0.25, 0.3) is 17.0 Å². The molecule has 0 unspecified atom stereocenters. The van der Waals surface area contributed by atoms with Gasteiger partial charge in [-0.25, -0.2) is 4.79 Å². The Morgan fingerprint density at radius 3 is 2.75 bits per heavy atom. The first-order valence-corrected chi connectivity index (χ1v) is 11.7. The Kier molecular flexibility index (Phi) is 5.99. The normalized spacial score (nSPS) is 19.1. The summed E-state index contributed by atoms with van der Waals surface area (Å²) in [6.45, 7) is 0.438. The van der Waals surface area contributed by atoms with Crippen molar-refractivity contribution in [2.45, 2.75) is 25.2 Å². The summed E-state index contributed by atoms with van der Waals surface area (Å²) in [5.41, 5.74) is 0.594. The fourth-order valence-electron chi connectivity index (χ4n) is 4.11. The van der Waals surface area contributed by atoms with Gasteiger partial charge in [0, 0.05) is 11.9 Å². The molecule has 3 aromatic rings. The third-order valence-electron chi connectivity index (χ3n) is 6.07. The van der Waals surface area contributed by atoms with E-state index >= 15 is 0 Å². The number of hydrogen-bond donors (Lipinski definition) is 1. The van der Waals surface area contributed by atoms with Crippen molar-refractivity contribution in [3.63, 3.8) is 0 Å². The van der Waals surface area contributed by atoms with Gasteiger partial charge in [0.2, 0.25) is 0 Å². The average molecular weight is 517 g/mol. The van der Waals surface area contributed by atoms with E-state index in [2.05, 4.69) is 10.1 Å². The molecule has 1 atom stereocenters. The summed E-state index contributed by atoms with van der Waals surface area (Å²) in [5.74, 6) is -1.27. The van der Waals surface area contributed by atoms with Gasteiger partial charge in [0.15, 0.2) is 5.17 Å². The van der Waals surface area contributed by atoms with Gasteiger partial charge >= 0.3 is 12.1 Å². The van der Waals surface area contributed by atoms with Gasteiger partial charge in [-0.1, -0.05) is 12.1 Å². The molecule has 0 radical (unpaired) electrons. The lowest BCUT2D eigenvalue weighted by Gasteiger charge is -2.38. The maximum Gasteiger partial charge on any atom is 0.416 e. The van der Waals surface area contributed by atoms with Crippen molar-refractivity contribution in [1.82, 2.24) is 14.7 Å². The van der Waals surface area contributed by atoms with Gasteiger partial charge < -0.3 is 14.7 Å². The minimum Gasteiger partial charge on any atom is -0.497 e. The van der Waals surface area contributed by atoms with Crippen molar-refractivity contribution >= 4 is 45.8 Å². The second kappa shape index (κ2) is 9.01. The van der Waals surface area contributed by atoms with Crippen LogP contribution in [-0.2, 0) is 22.3 Å². The highest BCUT2D eigenvalue weighted by Crippen LogP contribution is 2.36. The number of benzene rings is 2. The third kappa shape index (κ3) is 4.43. The van der Waals surface area contributed by atoms with Crippen molar-refractivity contribution in [2.24, 2.45) is 4.99 Å². The van der Waals surface area contributed by atoms with Crippen molar-refractivity contribution in [1.29, 1.82) is 0 Å². The van der Waals surface area contributed by atoms with E-state index in [0.717, 1.165) is 17.8 Å². The Morgan fingerprint density at radius 1 is 1.28 bits per heavy atom. The van der Waals surface area contributed by atoms with Gasteiger partial charge in [0.25, 0.3) is 5.91 Å². The lowest BCUT2D eigenvalue weighted by molar-refractivity contribution is -0.145. The van der Waals surface area contributed by atoms with Gasteiger partial charge in [0.05, 0.1) is 35.8 Å². The molecular formula is C24H19F3N4O4S. The molecule has 1 fully saturated rings. The van der Waals surface area contributed by atoms with E-state index in [1.54, 1.807) is 35.4 Å². The van der Waals surface area contributed by atoms with E-state index in [0.29, 0.717) is 39.5 Å². The SMILES string of the molecule is COc1ccc(Cn2ncc3cc(C=C4SC(N5CC[C@H]5C(=O)O)=NC4=O)ccc32)c(C(F)(F)F)c1. The molecule has 1 amide bonds. The second-order valence-corrected chi connectivity index (χ2v) is 9.30. The largest absolute Gasteiger partial charge is 0.497 e. The first-order valence-electron chi connectivity index (χ1n) is 10.9. The summed E-state index contributed by atoms with van der Waals surface area (Å²) in [7, 11) is 1.31. The van der Waals surface area contributed by atoms with Crippen molar-refractivity contribution < 1.29 is 32.6 Å². The van der Waals surface area contributed by atoms with E-state index < -0.39 is 29.7 Å². The molecule has 2 aliphatic rings. The van der Waals surface area contributed by atoms with Crippen LogP contribution in [0, 0.1) is 0 Å².